The van der Waals surface area contributed by atoms with Crippen LogP contribution >= 0.6 is 0 Å². The largest absolute Gasteiger partial charge is 0.492 e. The Kier molecular flexibility index (Phi) is 5.88. The van der Waals surface area contributed by atoms with Gasteiger partial charge in [0, 0.05) is 12.1 Å². The van der Waals surface area contributed by atoms with Crippen molar-refractivity contribution in [2.24, 2.45) is 0 Å². The molecule has 0 aliphatic rings. The quantitative estimate of drug-likeness (QED) is 0.369. The van der Waals surface area contributed by atoms with E-state index in [1.807, 2.05) is 30.3 Å². The number of amides is 1. The number of carbonyl (C=O) groups excluding carboxylic acids is 1. The van der Waals surface area contributed by atoms with Crippen LogP contribution in [0.4, 0.5) is 5.69 Å². The van der Waals surface area contributed by atoms with E-state index in [-0.39, 0.29) is 11.6 Å². The molecular formula is C17H16N2O4. The van der Waals surface area contributed by atoms with Crippen LogP contribution in [0.15, 0.2) is 60.7 Å². The van der Waals surface area contributed by atoms with Crippen molar-refractivity contribution in [1.29, 1.82) is 0 Å². The zero-order chi connectivity index (χ0) is 16.5. The molecule has 6 heteroatoms. The van der Waals surface area contributed by atoms with Gasteiger partial charge in [0.25, 0.3) is 5.69 Å². The lowest BCUT2D eigenvalue weighted by Crippen LogP contribution is -2.26. The van der Waals surface area contributed by atoms with Crippen LogP contribution in [0.25, 0.3) is 6.08 Å². The van der Waals surface area contributed by atoms with Crippen molar-refractivity contribution in [3.05, 3.63) is 76.4 Å². The average Bonchev–Trinajstić information content (AvgIpc) is 2.58. The fourth-order valence-electron chi connectivity index (χ4n) is 1.88. The number of hydrogen-bond donors (Lipinski definition) is 1. The lowest BCUT2D eigenvalue weighted by molar-refractivity contribution is -0.385. The number of nitrogens with one attached hydrogen (secondary N) is 1. The van der Waals surface area contributed by atoms with E-state index in [1.54, 1.807) is 18.2 Å². The summed E-state index contributed by atoms with van der Waals surface area (Å²) in [5, 5.41) is 13.5. The predicted molar refractivity (Wildman–Crippen MR) is 87.1 cm³/mol. The Morgan fingerprint density at radius 1 is 1.13 bits per heavy atom. The maximum absolute atomic E-state index is 11.7. The first-order chi connectivity index (χ1) is 11.2. The summed E-state index contributed by atoms with van der Waals surface area (Å²) in [6.45, 7) is 0.685. The van der Waals surface area contributed by atoms with E-state index in [0.29, 0.717) is 18.7 Å². The van der Waals surface area contributed by atoms with Crippen LogP contribution in [-0.4, -0.2) is 24.0 Å². The van der Waals surface area contributed by atoms with Crippen LogP contribution in [0.1, 0.15) is 5.56 Å². The molecule has 1 amide bonds. The molecule has 0 spiro atoms. The number of para-hydroxylation sites is 2. The number of rotatable bonds is 7. The van der Waals surface area contributed by atoms with Gasteiger partial charge in [0.1, 0.15) is 12.4 Å². The smallest absolute Gasteiger partial charge is 0.276 e. The molecule has 0 saturated carbocycles. The molecule has 0 bridgehead atoms. The SMILES string of the molecule is O=C(/C=C/c1ccccc1[N+](=O)[O-])NCCOc1ccccc1. The maximum atomic E-state index is 11.7. The van der Waals surface area contributed by atoms with Crippen molar-refractivity contribution < 1.29 is 14.5 Å². The molecule has 0 aliphatic carbocycles. The minimum absolute atomic E-state index is 0.0380. The third-order valence-electron chi connectivity index (χ3n) is 2.96. The minimum Gasteiger partial charge on any atom is -0.492 e. The molecule has 6 nitrogen and oxygen atoms in total. The maximum Gasteiger partial charge on any atom is 0.276 e. The number of nitro groups is 1. The van der Waals surface area contributed by atoms with Gasteiger partial charge >= 0.3 is 0 Å². The van der Waals surface area contributed by atoms with E-state index in [0.717, 1.165) is 5.75 Å². The zero-order valence-corrected chi connectivity index (χ0v) is 12.3. The number of hydrogen-bond acceptors (Lipinski definition) is 4. The van der Waals surface area contributed by atoms with Crippen molar-refractivity contribution in [1.82, 2.24) is 5.32 Å². The van der Waals surface area contributed by atoms with Crippen LogP contribution in [0.2, 0.25) is 0 Å². The molecule has 0 aromatic heterocycles. The summed E-state index contributed by atoms with van der Waals surface area (Å²) in [4.78, 5) is 22.1. The van der Waals surface area contributed by atoms with Crippen molar-refractivity contribution >= 4 is 17.7 Å². The van der Waals surface area contributed by atoms with E-state index in [2.05, 4.69) is 5.32 Å². The highest BCUT2D eigenvalue weighted by molar-refractivity contribution is 5.92. The van der Waals surface area contributed by atoms with Gasteiger partial charge in [-0.15, -0.1) is 0 Å². The van der Waals surface area contributed by atoms with Gasteiger partial charge in [0.15, 0.2) is 0 Å². The molecule has 0 saturated heterocycles. The topological polar surface area (TPSA) is 81.5 Å². The van der Waals surface area contributed by atoms with Gasteiger partial charge in [-0.1, -0.05) is 30.3 Å². The first kappa shape index (κ1) is 16.2. The molecule has 2 aromatic carbocycles. The number of ether oxygens (including phenoxy) is 1. The highest BCUT2D eigenvalue weighted by atomic mass is 16.6. The van der Waals surface area contributed by atoms with Gasteiger partial charge in [-0.05, 0) is 24.3 Å². The molecule has 118 valence electrons. The number of nitrogens with zero attached hydrogens (tertiary/aromatic N) is 1. The van der Waals surface area contributed by atoms with Gasteiger partial charge < -0.3 is 10.1 Å². The van der Waals surface area contributed by atoms with Gasteiger partial charge in [-0.2, -0.15) is 0 Å². The normalized spacial score (nSPS) is 10.4. The molecule has 0 fully saturated rings. The van der Waals surface area contributed by atoms with Crippen LogP contribution in [0, 0.1) is 10.1 Å². The third kappa shape index (κ3) is 5.28. The van der Waals surface area contributed by atoms with E-state index in [4.69, 9.17) is 4.74 Å². The summed E-state index contributed by atoms with van der Waals surface area (Å²) < 4.78 is 5.44. The van der Waals surface area contributed by atoms with Crippen LogP contribution in [0.3, 0.4) is 0 Å². The highest BCUT2D eigenvalue weighted by Crippen LogP contribution is 2.18. The molecular weight excluding hydrogens is 296 g/mol. The van der Waals surface area contributed by atoms with Crippen molar-refractivity contribution in [2.45, 2.75) is 0 Å². The van der Waals surface area contributed by atoms with Gasteiger partial charge in [-0.3, -0.25) is 14.9 Å². The van der Waals surface area contributed by atoms with Crippen LogP contribution in [-0.2, 0) is 4.79 Å². The van der Waals surface area contributed by atoms with Crippen molar-refractivity contribution in [3.63, 3.8) is 0 Å². The Bertz CT molecular complexity index is 699. The second kappa shape index (κ2) is 8.33. The van der Waals surface area contributed by atoms with Gasteiger partial charge in [0.05, 0.1) is 17.0 Å². The third-order valence-corrected chi connectivity index (χ3v) is 2.96. The molecule has 0 aliphatic heterocycles. The Hall–Kier alpha value is -3.15. The summed E-state index contributed by atoms with van der Waals surface area (Å²) >= 11 is 0. The minimum atomic E-state index is -0.481. The lowest BCUT2D eigenvalue weighted by atomic mass is 10.1. The number of benzene rings is 2. The lowest BCUT2D eigenvalue weighted by Gasteiger charge is -2.06. The fourth-order valence-corrected chi connectivity index (χ4v) is 1.88. The summed E-state index contributed by atoms with van der Waals surface area (Å²) in [6.07, 6.45) is 2.69. The second-order valence-corrected chi connectivity index (χ2v) is 4.60. The highest BCUT2D eigenvalue weighted by Gasteiger charge is 2.09. The first-order valence-electron chi connectivity index (χ1n) is 7.04. The van der Waals surface area contributed by atoms with E-state index in [1.165, 1.54) is 18.2 Å². The molecule has 0 unspecified atom stereocenters. The van der Waals surface area contributed by atoms with E-state index < -0.39 is 4.92 Å². The monoisotopic (exact) mass is 312 g/mol. The Labute approximate surface area is 133 Å². The molecule has 0 atom stereocenters. The predicted octanol–water partition coefficient (Wildman–Crippen LogP) is 2.80. The Morgan fingerprint density at radius 3 is 2.57 bits per heavy atom. The van der Waals surface area contributed by atoms with Gasteiger partial charge in [0.2, 0.25) is 5.91 Å². The number of nitro benzene ring substituents is 1. The zero-order valence-electron chi connectivity index (χ0n) is 12.3. The summed E-state index contributed by atoms with van der Waals surface area (Å²) in [6, 6.07) is 15.5. The van der Waals surface area contributed by atoms with Crippen molar-refractivity contribution in [2.75, 3.05) is 13.2 Å². The van der Waals surface area contributed by atoms with Crippen molar-refractivity contribution in [3.8, 4) is 5.75 Å². The Balaban J connectivity index is 1.80. The second-order valence-electron chi connectivity index (χ2n) is 4.60. The molecule has 23 heavy (non-hydrogen) atoms. The first-order valence-corrected chi connectivity index (χ1v) is 7.04. The molecule has 0 heterocycles. The van der Waals surface area contributed by atoms with Crippen LogP contribution < -0.4 is 10.1 Å². The van der Waals surface area contributed by atoms with E-state index in [9.17, 15) is 14.9 Å². The Morgan fingerprint density at radius 2 is 1.83 bits per heavy atom. The molecule has 0 radical (unpaired) electrons. The van der Waals surface area contributed by atoms with Crippen LogP contribution in [0.5, 0.6) is 5.75 Å². The number of carbonyl (C=O) groups is 1. The molecule has 1 N–H and O–H groups in total. The average molecular weight is 312 g/mol. The fraction of sp³-hybridized carbons (Fsp3) is 0.118. The summed E-state index contributed by atoms with van der Waals surface area (Å²) in [7, 11) is 0. The summed E-state index contributed by atoms with van der Waals surface area (Å²) in [5.41, 5.74) is 0.345. The molecule has 2 rings (SSSR count). The molecule has 2 aromatic rings. The summed E-state index contributed by atoms with van der Waals surface area (Å²) in [5.74, 6) is 0.400. The van der Waals surface area contributed by atoms with Gasteiger partial charge in [-0.25, -0.2) is 0 Å². The standard InChI is InChI=1S/C17H16N2O4/c20-17(18-12-13-23-15-7-2-1-3-8-15)11-10-14-6-4-5-9-16(14)19(21)22/h1-11H,12-13H2,(H,18,20)/b11-10+. The van der Waals surface area contributed by atoms with E-state index >= 15 is 0 Å².